The van der Waals surface area contributed by atoms with Crippen LogP contribution in [0.2, 0.25) is 0 Å². The summed E-state index contributed by atoms with van der Waals surface area (Å²) in [5.74, 6) is -3.33. The molecule has 1 aliphatic rings. The highest BCUT2D eigenvalue weighted by atomic mass is 16.4. The van der Waals surface area contributed by atoms with Gasteiger partial charge in [0.05, 0.1) is 0 Å². The van der Waals surface area contributed by atoms with E-state index in [4.69, 9.17) is 26.2 Å². The van der Waals surface area contributed by atoms with Crippen LogP contribution in [0.15, 0.2) is 30.3 Å². The van der Waals surface area contributed by atoms with Gasteiger partial charge in [-0.1, -0.05) is 30.3 Å². The summed E-state index contributed by atoms with van der Waals surface area (Å²) in [5, 5.41) is 32.5. The van der Waals surface area contributed by atoms with E-state index in [2.05, 4.69) is 12.1 Å². The standard InChI is InChI=1S/C13H18N2O.C4H6O6/c14-12-7-9-15(13(16)10-12)8-6-11-4-2-1-3-5-11;5-1(3(7)8)2(6)4(9)10/h1-5,12H,6-10,14H2;1-2,5-6H,(H,7,8)(H,9,10). The molecule has 0 spiro atoms. The lowest BCUT2D eigenvalue weighted by Gasteiger charge is -2.30. The van der Waals surface area contributed by atoms with Gasteiger partial charge in [0, 0.05) is 25.6 Å². The molecule has 9 nitrogen and oxygen atoms in total. The summed E-state index contributed by atoms with van der Waals surface area (Å²) < 4.78 is 0. The van der Waals surface area contributed by atoms with Gasteiger partial charge < -0.3 is 31.1 Å². The van der Waals surface area contributed by atoms with Gasteiger partial charge in [-0.05, 0) is 18.4 Å². The van der Waals surface area contributed by atoms with Crippen LogP contribution in [0.5, 0.6) is 0 Å². The van der Waals surface area contributed by atoms with Crippen LogP contribution < -0.4 is 5.73 Å². The summed E-state index contributed by atoms with van der Waals surface area (Å²) in [6.07, 6.45) is -2.16. The Balaban J connectivity index is 0.000000294. The number of likely N-dealkylation sites (tertiary alicyclic amines) is 1. The molecule has 3 unspecified atom stereocenters. The number of carbonyl (C=O) groups excluding carboxylic acids is 1. The van der Waals surface area contributed by atoms with Gasteiger partial charge in [-0.3, -0.25) is 4.79 Å². The summed E-state index contributed by atoms with van der Waals surface area (Å²) in [7, 11) is 0. The van der Waals surface area contributed by atoms with E-state index >= 15 is 0 Å². The Morgan fingerprint density at radius 1 is 1.12 bits per heavy atom. The van der Waals surface area contributed by atoms with E-state index < -0.39 is 24.1 Å². The fourth-order valence-electron chi connectivity index (χ4n) is 2.32. The van der Waals surface area contributed by atoms with Gasteiger partial charge in [0.2, 0.25) is 5.91 Å². The lowest BCUT2D eigenvalue weighted by Crippen LogP contribution is -2.44. The quantitative estimate of drug-likeness (QED) is 0.429. The molecule has 1 heterocycles. The molecule has 0 aliphatic carbocycles. The third-order valence-electron chi connectivity index (χ3n) is 3.88. The Kier molecular flexibility index (Phi) is 8.70. The monoisotopic (exact) mass is 368 g/mol. The summed E-state index contributed by atoms with van der Waals surface area (Å²) in [4.78, 5) is 33.1. The van der Waals surface area contributed by atoms with E-state index in [1.807, 2.05) is 23.1 Å². The topological polar surface area (TPSA) is 161 Å². The zero-order chi connectivity index (χ0) is 19.7. The molecule has 9 heteroatoms. The highest BCUT2D eigenvalue weighted by molar-refractivity contribution is 5.83. The number of aliphatic hydroxyl groups is 2. The normalized spacial score (nSPS) is 19.1. The van der Waals surface area contributed by atoms with Crippen LogP contribution in [-0.4, -0.2) is 74.5 Å². The molecule has 0 saturated carbocycles. The van der Waals surface area contributed by atoms with Crippen molar-refractivity contribution < 1.29 is 34.8 Å². The molecule has 1 aliphatic heterocycles. The first kappa shape index (κ1) is 21.6. The summed E-state index contributed by atoms with van der Waals surface area (Å²) in [6, 6.07) is 10.3. The Morgan fingerprint density at radius 2 is 1.65 bits per heavy atom. The van der Waals surface area contributed by atoms with Crippen molar-refractivity contribution in [2.75, 3.05) is 13.1 Å². The van der Waals surface area contributed by atoms with Crippen LogP contribution in [0, 0.1) is 0 Å². The Hall–Kier alpha value is -2.49. The fraction of sp³-hybridized carbons (Fsp3) is 0.471. The molecule has 144 valence electrons. The average Bonchev–Trinajstić information content (AvgIpc) is 2.61. The maximum absolute atomic E-state index is 11.7. The van der Waals surface area contributed by atoms with Crippen LogP contribution in [0.3, 0.4) is 0 Å². The number of carboxylic acid groups (broad SMARTS) is 2. The number of rotatable bonds is 6. The zero-order valence-corrected chi connectivity index (χ0v) is 14.2. The van der Waals surface area contributed by atoms with E-state index in [1.165, 1.54) is 5.56 Å². The van der Waals surface area contributed by atoms with Crippen molar-refractivity contribution >= 4 is 17.8 Å². The van der Waals surface area contributed by atoms with Gasteiger partial charge in [-0.15, -0.1) is 0 Å². The molecular weight excluding hydrogens is 344 g/mol. The lowest BCUT2D eigenvalue weighted by molar-refractivity contribution is -0.165. The lowest BCUT2D eigenvalue weighted by atomic mass is 10.0. The molecule has 0 bridgehead atoms. The van der Waals surface area contributed by atoms with E-state index in [9.17, 15) is 14.4 Å². The van der Waals surface area contributed by atoms with Crippen molar-refractivity contribution in [3.63, 3.8) is 0 Å². The first-order valence-corrected chi connectivity index (χ1v) is 8.11. The number of piperidine rings is 1. The molecule has 1 amide bonds. The van der Waals surface area contributed by atoms with Crippen molar-refractivity contribution in [2.45, 2.75) is 37.5 Å². The first-order chi connectivity index (χ1) is 12.2. The number of benzene rings is 1. The number of nitrogens with two attached hydrogens (primary N) is 1. The highest BCUT2D eigenvalue weighted by Gasteiger charge is 2.29. The first-order valence-electron chi connectivity index (χ1n) is 8.11. The number of amides is 1. The largest absolute Gasteiger partial charge is 0.479 e. The molecule has 1 fully saturated rings. The van der Waals surface area contributed by atoms with Crippen LogP contribution >= 0.6 is 0 Å². The fourth-order valence-corrected chi connectivity index (χ4v) is 2.32. The van der Waals surface area contributed by atoms with E-state index in [0.717, 1.165) is 25.9 Å². The second-order valence-electron chi connectivity index (χ2n) is 5.94. The van der Waals surface area contributed by atoms with Crippen molar-refractivity contribution in [3.8, 4) is 0 Å². The van der Waals surface area contributed by atoms with Crippen LogP contribution in [-0.2, 0) is 20.8 Å². The van der Waals surface area contributed by atoms with Gasteiger partial charge in [0.15, 0.2) is 12.2 Å². The SMILES string of the molecule is NC1CCN(CCc2ccccc2)C(=O)C1.O=C(O)C(O)C(O)C(=O)O. The number of carboxylic acids is 2. The number of hydrogen-bond acceptors (Lipinski definition) is 6. The van der Waals surface area contributed by atoms with Gasteiger partial charge in [-0.2, -0.15) is 0 Å². The second-order valence-corrected chi connectivity index (χ2v) is 5.94. The molecule has 0 radical (unpaired) electrons. The highest BCUT2D eigenvalue weighted by Crippen LogP contribution is 2.11. The third kappa shape index (κ3) is 7.18. The predicted molar refractivity (Wildman–Crippen MR) is 91.2 cm³/mol. The number of aliphatic carboxylic acids is 2. The molecular formula is C17H24N2O7. The van der Waals surface area contributed by atoms with Gasteiger partial charge >= 0.3 is 11.9 Å². The van der Waals surface area contributed by atoms with E-state index in [1.54, 1.807) is 0 Å². The summed E-state index contributed by atoms with van der Waals surface area (Å²) in [5.41, 5.74) is 7.03. The molecule has 2 rings (SSSR count). The number of hydrogen-bond donors (Lipinski definition) is 5. The summed E-state index contributed by atoms with van der Waals surface area (Å²) in [6.45, 7) is 1.63. The predicted octanol–water partition coefficient (Wildman–Crippen LogP) is -0.944. The molecule has 1 aromatic rings. The van der Waals surface area contributed by atoms with Crippen molar-refractivity contribution in [1.82, 2.24) is 4.90 Å². The smallest absolute Gasteiger partial charge is 0.335 e. The van der Waals surface area contributed by atoms with Crippen LogP contribution in [0.25, 0.3) is 0 Å². The Morgan fingerprint density at radius 3 is 2.12 bits per heavy atom. The zero-order valence-electron chi connectivity index (χ0n) is 14.2. The molecule has 3 atom stereocenters. The van der Waals surface area contributed by atoms with Crippen LogP contribution in [0.1, 0.15) is 18.4 Å². The molecule has 26 heavy (non-hydrogen) atoms. The number of carbonyl (C=O) groups is 3. The van der Waals surface area contributed by atoms with Gasteiger partial charge in [0.1, 0.15) is 0 Å². The molecule has 1 saturated heterocycles. The van der Waals surface area contributed by atoms with Crippen molar-refractivity contribution in [3.05, 3.63) is 35.9 Å². The number of nitrogens with zero attached hydrogens (tertiary/aromatic N) is 1. The molecule has 6 N–H and O–H groups in total. The third-order valence-corrected chi connectivity index (χ3v) is 3.88. The minimum absolute atomic E-state index is 0.0699. The second kappa shape index (κ2) is 10.5. The van der Waals surface area contributed by atoms with Crippen LogP contribution in [0.4, 0.5) is 0 Å². The minimum atomic E-state index is -2.27. The maximum Gasteiger partial charge on any atom is 0.335 e. The average molecular weight is 368 g/mol. The van der Waals surface area contributed by atoms with E-state index in [0.29, 0.717) is 6.42 Å². The molecule has 1 aromatic carbocycles. The minimum Gasteiger partial charge on any atom is -0.479 e. The van der Waals surface area contributed by atoms with Gasteiger partial charge in [-0.25, -0.2) is 9.59 Å². The van der Waals surface area contributed by atoms with Crippen molar-refractivity contribution in [1.29, 1.82) is 0 Å². The number of aliphatic hydroxyl groups excluding tert-OH is 2. The summed E-state index contributed by atoms with van der Waals surface area (Å²) >= 11 is 0. The van der Waals surface area contributed by atoms with Gasteiger partial charge in [0.25, 0.3) is 0 Å². The maximum atomic E-state index is 11.7. The van der Waals surface area contributed by atoms with E-state index in [-0.39, 0.29) is 11.9 Å². The Bertz CT molecular complexity index is 590. The van der Waals surface area contributed by atoms with Crippen molar-refractivity contribution in [2.24, 2.45) is 5.73 Å². The molecule has 0 aromatic heterocycles. The Labute approximate surface area is 150 Å².